The lowest BCUT2D eigenvalue weighted by Crippen LogP contribution is -2.47. The molecule has 8 nitrogen and oxygen atoms in total. The minimum absolute atomic E-state index is 0.0932. The van der Waals surface area contributed by atoms with Gasteiger partial charge in [0, 0.05) is 12.4 Å². The van der Waals surface area contributed by atoms with Gasteiger partial charge in [0.1, 0.15) is 18.2 Å². The Morgan fingerprint density at radius 1 is 1.11 bits per heavy atom. The third kappa shape index (κ3) is 5.80. The summed E-state index contributed by atoms with van der Waals surface area (Å²) in [5, 5.41) is 5.20. The molecular weight excluding hydrogens is 362 g/mol. The number of ether oxygens (including phenoxy) is 2. The first-order valence-electron chi connectivity index (χ1n) is 8.72. The molecule has 2 aromatic rings. The Morgan fingerprint density at radius 3 is 2.46 bits per heavy atom. The van der Waals surface area contributed by atoms with Gasteiger partial charge in [0.2, 0.25) is 5.91 Å². The zero-order valence-electron chi connectivity index (χ0n) is 16.0. The standard InChI is InChI=1S/C20H23N3O5/c1-13(2)17(23-20(26)28-12-14-7-5-4-6-8-14)18(24)22-16-9-10-21-11-15(16)19(25)27-3/h4-11,13,17H,12H2,1-3H3,(H,23,26)(H,21,22,24). The summed E-state index contributed by atoms with van der Waals surface area (Å²) in [5.41, 5.74) is 1.20. The molecular formula is C20H23N3O5. The summed E-state index contributed by atoms with van der Waals surface area (Å²) < 4.78 is 9.86. The van der Waals surface area contributed by atoms with Crippen LogP contribution in [0.2, 0.25) is 0 Å². The SMILES string of the molecule is COC(=O)c1cnccc1NC(=O)C(NC(=O)OCc1ccccc1)C(C)C. The fraction of sp³-hybridized carbons (Fsp3) is 0.300. The van der Waals surface area contributed by atoms with Crippen molar-refractivity contribution in [2.75, 3.05) is 12.4 Å². The van der Waals surface area contributed by atoms with E-state index in [1.54, 1.807) is 13.8 Å². The van der Waals surface area contributed by atoms with E-state index in [2.05, 4.69) is 20.4 Å². The van der Waals surface area contributed by atoms with Gasteiger partial charge in [-0.05, 0) is 17.5 Å². The van der Waals surface area contributed by atoms with Crippen LogP contribution in [0.25, 0.3) is 0 Å². The Morgan fingerprint density at radius 2 is 1.82 bits per heavy atom. The van der Waals surface area contributed by atoms with E-state index in [-0.39, 0.29) is 23.8 Å². The van der Waals surface area contributed by atoms with Crippen molar-refractivity contribution in [3.05, 3.63) is 59.9 Å². The molecule has 0 aliphatic rings. The van der Waals surface area contributed by atoms with Gasteiger partial charge in [0.15, 0.2) is 0 Å². The van der Waals surface area contributed by atoms with Gasteiger partial charge in [-0.3, -0.25) is 9.78 Å². The maximum absolute atomic E-state index is 12.7. The highest BCUT2D eigenvalue weighted by Gasteiger charge is 2.26. The molecule has 0 saturated carbocycles. The quantitative estimate of drug-likeness (QED) is 0.710. The summed E-state index contributed by atoms with van der Waals surface area (Å²) in [6.07, 6.45) is 2.03. The van der Waals surface area contributed by atoms with Gasteiger partial charge in [-0.1, -0.05) is 44.2 Å². The molecule has 1 aromatic carbocycles. The maximum Gasteiger partial charge on any atom is 0.408 e. The largest absolute Gasteiger partial charge is 0.465 e. The molecule has 0 aliphatic carbocycles. The van der Waals surface area contributed by atoms with Crippen LogP contribution in [0, 0.1) is 5.92 Å². The number of benzene rings is 1. The summed E-state index contributed by atoms with van der Waals surface area (Å²) in [4.78, 5) is 40.5. The molecule has 28 heavy (non-hydrogen) atoms. The topological polar surface area (TPSA) is 107 Å². The predicted octanol–water partition coefficient (Wildman–Crippen LogP) is 2.76. The lowest BCUT2D eigenvalue weighted by Gasteiger charge is -2.22. The van der Waals surface area contributed by atoms with Crippen molar-refractivity contribution in [3.8, 4) is 0 Å². The lowest BCUT2D eigenvalue weighted by atomic mass is 10.0. The molecule has 1 unspecified atom stereocenters. The molecule has 1 aromatic heterocycles. The number of hydrogen-bond donors (Lipinski definition) is 2. The summed E-state index contributed by atoms with van der Waals surface area (Å²) in [5.74, 6) is -1.32. The highest BCUT2D eigenvalue weighted by molar-refractivity contribution is 6.03. The fourth-order valence-corrected chi connectivity index (χ4v) is 2.41. The number of amides is 2. The molecule has 0 bridgehead atoms. The number of nitrogens with zero attached hydrogens (tertiary/aromatic N) is 1. The monoisotopic (exact) mass is 385 g/mol. The lowest BCUT2D eigenvalue weighted by molar-refractivity contribution is -0.119. The van der Waals surface area contributed by atoms with Crippen molar-refractivity contribution < 1.29 is 23.9 Å². The molecule has 2 N–H and O–H groups in total. The summed E-state index contributed by atoms with van der Waals surface area (Å²) in [6, 6.07) is 9.83. The number of carbonyl (C=O) groups excluding carboxylic acids is 3. The Balaban J connectivity index is 2.02. The second kappa shape index (κ2) is 10.1. The number of alkyl carbamates (subject to hydrolysis) is 1. The van der Waals surface area contributed by atoms with Crippen LogP contribution in [0.5, 0.6) is 0 Å². The van der Waals surface area contributed by atoms with Crippen molar-refractivity contribution in [1.82, 2.24) is 10.3 Å². The number of methoxy groups -OCH3 is 1. The fourth-order valence-electron chi connectivity index (χ4n) is 2.41. The average Bonchev–Trinajstić information content (AvgIpc) is 2.70. The number of anilines is 1. The summed E-state index contributed by atoms with van der Waals surface area (Å²) in [7, 11) is 1.24. The van der Waals surface area contributed by atoms with Crippen LogP contribution in [-0.4, -0.2) is 36.1 Å². The molecule has 0 aliphatic heterocycles. The maximum atomic E-state index is 12.7. The minimum atomic E-state index is -0.859. The number of pyridine rings is 1. The number of esters is 1. The smallest absolute Gasteiger partial charge is 0.408 e. The van der Waals surface area contributed by atoms with Crippen LogP contribution < -0.4 is 10.6 Å². The first kappa shape index (κ1) is 20.9. The first-order chi connectivity index (χ1) is 13.4. The van der Waals surface area contributed by atoms with E-state index in [1.165, 1.54) is 25.6 Å². The second-order valence-electron chi connectivity index (χ2n) is 6.33. The van der Waals surface area contributed by atoms with Crippen LogP contribution in [0.1, 0.15) is 29.8 Å². The number of aromatic nitrogens is 1. The Hall–Kier alpha value is -3.42. The normalized spacial score (nSPS) is 11.4. The molecule has 2 rings (SSSR count). The highest BCUT2D eigenvalue weighted by Crippen LogP contribution is 2.16. The molecule has 0 saturated heterocycles. The first-order valence-corrected chi connectivity index (χ1v) is 8.72. The van der Waals surface area contributed by atoms with Gasteiger partial charge < -0.3 is 20.1 Å². The number of hydrogen-bond acceptors (Lipinski definition) is 6. The van der Waals surface area contributed by atoms with Gasteiger partial charge in [0.25, 0.3) is 0 Å². The molecule has 0 fully saturated rings. The number of carbonyl (C=O) groups is 3. The zero-order valence-corrected chi connectivity index (χ0v) is 16.0. The van der Waals surface area contributed by atoms with Gasteiger partial charge in [0.05, 0.1) is 12.8 Å². The van der Waals surface area contributed by atoms with E-state index in [4.69, 9.17) is 4.74 Å². The average molecular weight is 385 g/mol. The number of nitrogens with one attached hydrogen (secondary N) is 2. The summed E-state index contributed by atoms with van der Waals surface area (Å²) in [6.45, 7) is 3.67. The molecule has 2 amide bonds. The van der Waals surface area contributed by atoms with E-state index in [0.717, 1.165) is 5.56 Å². The van der Waals surface area contributed by atoms with Crippen LogP contribution in [0.4, 0.5) is 10.5 Å². The van der Waals surface area contributed by atoms with Crippen LogP contribution >= 0.6 is 0 Å². The van der Waals surface area contributed by atoms with Crippen molar-refractivity contribution in [1.29, 1.82) is 0 Å². The van der Waals surface area contributed by atoms with Gasteiger partial charge in [-0.2, -0.15) is 0 Å². The van der Waals surface area contributed by atoms with Gasteiger partial charge >= 0.3 is 12.1 Å². The summed E-state index contributed by atoms with van der Waals surface area (Å²) >= 11 is 0. The molecule has 0 radical (unpaired) electrons. The Bertz CT molecular complexity index is 824. The molecule has 1 heterocycles. The van der Waals surface area contributed by atoms with Crippen LogP contribution in [0.3, 0.4) is 0 Å². The minimum Gasteiger partial charge on any atom is -0.465 e. The molecule has 8 heteroatoms. The molecule has 1 atom stereocenters. The van der Waals surface area contributed by atoms with Crippen LogP contribution in [-0.2, 0) is 20.9 Å². The third-order valence-corrected chi connectivity index (χ3v) is 3.92. The zero-order chi connectivity index (χ0) is 20.5. The van der Waals surface area contributed by atoms with E-state index in [1.807, 2.05) is 30.3 Å². The number of rotatable bonds is 7. The predicted molar refractivity (Wildman–Crippen MR) is 103 cm³/mol. The van der Waals surface area contributed by atoms with Gasteiger partial charge in [-0.25, -0.2) is 9.59 Å². The molecule has 0 spiro atoms. The van der Waals surface area contributed by atoms with Crippen molar-refractivity contribution in [2.24, 2.45) is 5.92 Å². The molecule has 148 valence electrons. The van der Waals surface area contributed by atoms with E-state index >= 15 is 0 Å². The van der Waals surface area contributed by atoms with Crippen LogP contribution in [0.15, 0.2) is 48.8 Å². The van der Waals surface area contributed by atoms with E-state index < -0.39 is 24.0 Å². The highest BCUT2D eigenvalue weighted by atomic mass is 16.5. The van der Waals surface area contributed by atoms with E-state index in [9.17, 15) is 14.4 Å². The van der Waals surface area contributed by atoms with Gasteiger partial charge in [-0.15, -0.1) is 0 Å². The second-order valence-corrected chi connectivity index (χ2v) is 6.33. The van der Waals surface area contributed by atoms with Crippen molar-refractivity contribution >= 4 is 23.7 Å². The van der Waals surface area contributed by atoms with Crippen molar-refractivity contribution in [3.63, 3.8) is 0 Å². The Labute approximate surface area is 163 Å². The third-order valence-electron chi connectivity index (χ3n) is 3.92. The van der Waals surface area contributed by atoms with E-state index in [0.29, 0.717) is 0 Å². The van der Waals surface area contributed by atoms with Crippen molar-refractivity contribution in [2.45, 2.75) is 26.5 Å². The Kier molecular flexibility index (Phi) is 7.50.